The number of aliphatic carboxylic acids is 1. The van der Waals surface area contributed by atoms with Crippen LogP contribution in [0.2, 0.25) is 0 Å². The SMILES string of the molecule is CCC(C)Oc1ccc(CC(=O)O)cc1. The fraction of sp³-hybridized carbons (Fsp3) is 0.417. The summed E-state index contributed by atoms with van der Waals surface area (Å²) in [6.07, 6.45) is 1.20. The van der Waals surface area contributed by atoms with Crippen molar-refractivity contribution in [2.75, 3.05) is 0 Å². The number of rotatable bonds is 5. The molecule has 1 rings (SSSR count). The highest BCUT2D eigenvalue weighted by Crippen LogP contribution is 2.15. The fourth-order valence-electron chi connectivity index (χ4n) is 1.18. The lowest BCUT2D eigenvalue weighted by Gasteiger charge is -2.12. The number of carboxylic acid groups (broad SMARTS) is 1. The Balaban J connectivity index is 2.60. The first-order valence-corrected chi connectivity index (χ1v) is 5.09. The van der Waals surface area contributed by atoms with Gasteiger partial charge in [0, 0.05) is 0 Å². The van der Waals surface area contributed by atoms with Gasteiger partial charge in [-0.05, 0) is 31.0 Å². The second-order valence-corrected chi connectivity index (χ2v) is 3.55. The highest BCUT2D eigenvalue weighted by molar-refractivity contribution is 5.70. The Bertz CT molecular complexity index is 316. The molecule has 0 fully saturated rings. The Morgan fingerprint density at radius 2 is 2.00 bits per heavy atom. The third-order valence-corrected chi connectivity index (χ3v) is 2.19. The van der Waals surface area contributed by atoms with Crippen LogP contribution in [0.5, 0.6) is 5.75 Å². The van der Waals surface area contributed by atoms with Gasteiger partial charge in [-0.3, -0.25) is 4.79 Å². The Morgan fingerprint density at radius 1 is 1.40 bits per heavy atom. The molecule has 0 spiro atoms. The maximum atomic E-state index is 10.4. The number of hydrogen-bond donors (Lipinski definition) is 1. The van der Waals surface area contributed by atoms with Crippen molar-refractivity contribution in [1.82, 2.24) is 0 Å². The zero-order chi connectivity index (χ0) is 11.3. The van der Waals surface area contributed by atoms with E-state index >= 15 is 0 Å². The lowest BCUT2D eigenvalue weighted by molar-refractivity contribution is -0.136. The van der Waals surface area contributed by atoms with Crippen LogP contribution in [0.25, 0.3) is 0 Å². The average Bonchev–Trinajstić information content (AvgIpc) is 2.20. The van der Waals surface area contributed by atoms with Gasteiger partial charge in [0.15, 0.2) is 0 Å². The maximum absolute atomic E-state index is 10.4. The first kappa shape index (κ1) is 11.6. The molecule has 1 atom stereocenters. The maximum Gasteiger partial charge on any atom is 0.307 e. The van der Waals surface area contributed by atoms with Crippen LogP contribution in [-0.2, 0) is 11.2 Å². The van der Waals surface area contributed by atoms with Crippen LogP contribution in [0.1, 0.15) is 25.8 Å². The predicted octanol–water partition coefficient (Wildman–Crippen LogP) is 2.49. The number of carboxylic acids is 1. The second kappa shape index (κ2) is 5.39. The Kier molecular flexibility index (Phi) is 4.16. The van der Waals surface area contributed by atoms with E-state index in [0.29, 0.717) is 0 Å². The van der Waals surface area contributed by atoms with Crippen LogP contribution in [0.3, 0.4) is 0 Å². The second-order valence-electron chi connectivity index (χ2n) is 3.55. The number of carbonyl (C=O) groups is 1. The van der Waals surface area contributed by atoms with Crippen LogP contribution in [-0.4, -0.2) is 17.2 Å². The van der Waals surface area contributed by atoms with Crippen molar-refractivity contribution in [3.8, 4) is 5.75 Å². The van der Waals surface area contributed by atoms with E-state index in [4.69, 9.17) is 9.84 Å². The van der Waals surface area contributed by atoms with E-state index in [9.17, 15) is 4.79 Å². The molecular formula is C12H16O3. The summed E-state index contributed by atoms with van der Waals surface area (Å²) in [5.74, 6) is -0.0240. The van der Waals surface area contributed by atoms with Gasteiger partial charge < -0.3 is 9.84 Å². The van der Waals surface area contributed by atoms with E-state index in [1.54, 1.807) is 12.1 Å². The molecule has 0 bridgehead atoms. The fourth-order valence-corrected chi connectivity index (χ4v) is 1.18. The van der Waals surface area contributed by atoms with E-state index in [1.807, 2.05) is 19.1 Å². The van der Waals surface area contributed by atoms with Gasteiger partial charge in [-0.2, -0.15) is 0 Å². The Hall–Kier alpha value is -1.51. The van der Waals surface area contributed by atoms with E-state index in [1.165, 1.54) is 0 Å². The van der Waals surface area contributed by atoms with E-state index in [0.717, 1.165) is 17.7 Å². The van der Waals surface area contributed by atoms with Gasteiger partial charge in [0.25, 0.3) is 0 Å². The van der Waals surface area contributed by atoms with Gasteiger partial charge in [-0.15, -0.1) is 0 Å². The van der Waals surface area contributed by atoms with Crippen molar-refractivity contribution < 1.29 is 14.6 Å². The predicted molar refractivity (Wildman–Crippen MR) is 58.2 cm³/mol. The normalized spacial score (nSPS) is 12.1. The lowest BCUT2D eigenvalue weighted by atomic mass is 10.1. The molecule has 0 aliphatic heterocycles. The first-order valence-electron chi connectivity index (χ1n) is 5.09. The van der Waals surface area contributed by atoms with Crippen LogP contribution in [0, 0.1) is 0 Å². The molecule has 0 aliphatic carbocycles. The minimum Gasteiger partial charge on any atom is -0.491 e. The van der Waals surface area contributed by atoms with Crippen LogP contribution >= 0.6 is 0 Å². The quantitative estimate of drug-likeness (QED) is 0.808. The van der Waals surface area contributed by atoms with Gasteiger partial charge in [-0.25, -0.2) is 0 Å². The molecule has 3 nitrogen and oxygen atoms in total. The summed E-state index contributed by atoms with van der Waals surface area (Å²) in [5, 5.41) is 8.59. The van der Waals surface area contributed by atoms with Crippen molar-refractivity contribution in [2.24, 2.45) is 0 Å². The minimum absolute atomic E-state index is 0.0591. The summed E-state index contributed by atoms with van der Waals surface area (Å²) in [6.45, 7) is 4.06. The molecule has 15 heavy (non-hydrogen) atoms. The lowest BCUT2D eigenvalue weighted by Crippen LogP contribution is -2.09. The van der Waals surface area contributed by atoms with E-state index < -0.39 is 5.97 Å². The minimum atomic E-state index is -0.814. The zero-order valence-electron chi connectivity index (χ0n) is 9.06. The van der Waals surface area contributed by atoms with Crippen molar-refractivity contribution >= 4 is 5.97 Å². The molecule has 0 aliphatic rings. The molecule has 0 saturated carbocycles. The summed E-state index contributed by atoms with van der Waals surface area (Å²) >= 11 is 0. The van der Waals surface area contributed by atoms with Crippen molar-refractivity contribution in [1.29, 1.82) is 0 Å². The third-order valence-electron chi connectivity index (χ3n) is 2.19. The number of ether oxygens (including phenoxy) is 1. The summed E-state index contributed by atoms with van der Waals surface area (Å²) < 4.78 is 5.58. The van der Waals surface area contributed by atoms with E-state index in [-0.39, 0.29) is 12.5 Å². The number of hydrogen-bond acceptors (Lipinski definition) is 2. The molecular weight excluding hydrogens is 192 g/mol. The van der Waals surface area contributed by atoms with Gasteiger partial charge in [0.1, 0.15) is 5.75 Å². The highest BCUT2D eigenvalue weighted by Gasteiger charge is 2.02. The van der Waals surface area contributed by atoms with Crippen molar-refractivity contribution in [3.63, 3.8) is 0 Å². The molecule has 0 saturated heterocycles. The van der Waals surface area contributed by atoms with Crippen molar-refractivity contribution in [2.45, 2.75) is 32.8 Å². The molecule has 1 aromatic carbocycles. The Labute approximate surface area is 89.7 Å². The Morgan fingerprint density at radius 3 is 2.47 bits per heavy atom. The van der Waals surface area contributed by atoms with Crippen molar-refractivity contribution in [3.05, 3.63) is 29.8 Å². The molecule has 0 aromatic heterocycles. The smallest absolute Gasteiger partial charge is 0.307 e. The summed E-state index contributed by atoms with van der Waals surface area (Å²) in [6, 6.07) is 7.19. The van der Waals surface area contributed by atoms with Gasteiger partial charge in [-0.1, -0.05) is 19.1 Å². The topological polar surface area (TPSA) is 46.5 Å². The molecule has 0 heterocycles. The average molecular weight is 208 g/mol. The van der Waals surface area contributed by atoms with Gasteiger partial charge in [0.2, 0.25) is 0 Å². The van der Waals surface area contributed by atoms with E-state index in [2.05, 4.69) is 6.92 Å². The van der Waals surface area contributed by atoms with Gasteiger partial charge >= 0.3 is 5.97 Å². The van der Waals surface area contributed by atoms with Crippen LogP contribution < -0.4 is 4.74 Å². The number of benzene rings is 1. The van der Waals surface area contributed by atoms with Crippen LogP contribution in [0.4, 0.5) is 0 Å². The molecule has 0 amide bonds. The molecule has 82 valence electrons. The zero-order valence-corrected chi connectivity index (χ0v) is 9.06. The summed E-state index contributed by atoms with van der Waals surface area (Å²) in [5.41, 5.74) is 0.791. The third kappa shape index (κ3) is 4.02. The van der Waals surface area contributed by atoms with Crippen LogP contribution in [0.15, 0.2) is 24.3 Å². The molecule has 1 aromatic rings. The first-order chi connectivity index (χ1) is 7.11. The summed E-state index contributed by atoms with van der Waals surface area (Å²) in [4.78, 5) is 10.4. The molecule has 3 heteroatoms. The van der Waals surface area contributed by atoms with Gasteiger partial charge in [0.05, 0.1) is 12.5 Å². The monoisotopic (exact) mass is 208 g/mol. The molecule has 1 N–H and O–H groups in total. The molecule has 1 unspecified atom stereocenters. The summed E-state index contributed by atoms with van der Waals surface area (Å²) in [7, 11) is 0. The molecule has 0 radical (unpaired) electrons. The standard InChI is InChI=1S/C12H16O3/c1-3-9(2)15-11-6-4-10(5-7-11)8-12(13)14/h4-7,9H,3,8H2,1-2H3,(H,13,14). The largest absolute Gasteiger partial charge is 0.491 e. The highest BCUT2D eigenvalue weighted by atomic mass is 16.5.